The predicted octanol–water partition coefficient (Wildman–Crippen LogP) is 2.69. The Bertz CT molecular complexity index is 820. The lowest BCUT2D eigenvalue weighted by atomic mass is 10.3. The molecule has 3 aromatic rings. The van der Waals surface area contributed by atoms with Crippen LogP contribution in [-0.4, -0.2) is 37.4 Å². The Hall–Kier alpha value is -2.60. The number of halogens is 1. The van der Waals surface area contributed by atoms with Crippen molar-refractivity contribution in [3.8, 4) is 5.69 Å². The molecule has 7 heteroatoms. The normalized spacial score (nSPS) is 10.8. The van der Waals surface area contributed by atoms with Gasteiger partial charge >= 0.3 is 0 Å². The van der Waals surface area contributed by atoms with Crippen molar-refractivity contribution in [2.45, 2.75) is 20.0 Å². The van der Waals surface area contributed by atoms with Gasteiger partial charge in [0, 0.05) is 31.5 Å². The molecule has 2 aromatic heterocycles. The van der Waals surface area contributed by atoms with Gasteiger partial charge in [-0.3, -0.25) is 9.48 Å². The van der Waals surface area contributed by atoms with Crippen molar-refractivity contribution in [2.24, 2.45) is 0 Å². The predicted molar refractivity (Wildman–Crippen MR) is 92.0 cm³/mol. The fourth-order valence-electron chi connectivity index (χ4n) is 2.36. The number of likely N-dealkylation sites (N-methyl/N-ethyl adjacent to an activating group) is 1. The van der Waals surface area contributed by atoms with Gasteiger partial charge in [0.05, 0.1) is 22.6 Å². The summed E-state index contributed by atoms with van der Waals surface area (Å²) in [6, 6.07) is 9.85. The number of aryl methyl sites for hydroxylation is 1. The lowest BCUT2D eigenvalue weighted by Crippen LogP contribution is -2.29. The van der Waals surface area contributed by atoms with Crippen molar-refractivity contribution in [3.63, 3.8) is 0 Å². The van der Waals surface area contributed by atoms with Crippen LogP contribution in [0.25, 0.3) is 5.69 Å². The van der Waals surface area contributed by atoms with Crippen LogP contribution in [0.5, 0.6) is 0 Å². The first-order valence-electron chi connectivity index (χ1n) is 7.55. The van der Waals surface area contributed by atoms with Gasteiger partial charge in [-0.05, 0) is 19.1 Å². The maximum absolute atomic E-state index is 12.3. The Balaban J connectivity index is 1.63. The SMILES string of the molecule is Cc1nn(CC(=O)N(C)Cc2cnn(-c3ccccc3)c2)cc1Cl. The van der Waals surface area contributed by atoms with E-state index < -0.39 is 0 Å². The Morgan fingerprint density at radius 2 is 2.00 bits per heavy atom. The molecule has 3 rings (SSSR count). The maximum atomic E-state index is 12.3. The van der Waals surface area contributed by atoms with E-state index in [0.717, 1.165) is 16.9 Å². The second-order valence-electron chi connectivity index (χ2n) is 5.64. The minimum Gasteiger partial charge on any atom is -0.340 e. The first-order valence-corrected chi connectivity index (χ1v) is 7.93. The summed E-state index contributed by atoms with van der Waals surface area (Å²) in [7, 11) is 1.76. The van der Waals surface area contributed by atoms with Crippen LogP contribution in [0.1, 0.15) is 11.3 Å². The minimum absolute atomic E-state index is 0.0402. The standard InChI is InChI=1S/C17H18ClN5O/c1-13-16(18)11-22(20-13)12-17(24)21(2)9-14-8-19-23(10-14)15-6-4-3-5-7-15/h3-8,10-11H,9,12H2,1-2H3. The van der Waals surface area contributed by atoms with E-state index in [9.17, 15) is 4.79 Å². The van der Waals surface area contributed by atoms with Crippen molar-refractivity contribution in [1.82, 2.24) is 24.5 Å². The van der Waals surface area contributed by atoms with E-state index in [1.807, 2.05) is 43.5 Å². The molecule has 1 aromatic carbocycles. The zero-order valence-corrected chi connectivity index (χ0v) is 14.3. The van der Waals surface area contributed by atoms with Crippen LogP contribution < -0.4 is 0 Å². The van der Waals surface area contributed by atoms with E-state index in [4.69, 9.17) is 11.6 Å². The first-order chi connectivity index (χ1) is 11.5. The van der Waals surface area contributed by atoms with Gasteiger partial charge in [-0.25, -0.2) is 4.68 Å². The lowest BCUT2D eigenvalue weighted by Gasteiger charge is -2.16. The molecule has 0 fully saturated rings. The Kier molecular flexibility index (Phi) is 4.66. The summed E-state index contributed by atoms with van der Waals surface area (Å²) in [6.07, 6.45) is 5.36. The van der Waals surface area contributed by atoms with Crippen molar-refractivity contribution < 1.29 is 4.79 Å². The molecule has 0 aliphatic heterocycles. The van der Waals surface area contributed by atoms with Crippen LogP contribution in [0.2, 0.25) is 5.02 Å². The van der Waals surface area contributed by atoms with Crippen LogP contribution in [0.4, 0.5) is 0 Å². The molecule has 0 radical (unpaired) electrons. The summed E-state index contributed by atoms with van der Waals surface area (Å²) >= 11 is 5.96. The van der Waals surface area contributed by atoms with Gasteiger partial charge in [-0.1, -0.05) is 29.8 Å². The second-order valence-corrected chi connectivity index (χ2v) is 6.05. The Labute approximate surface area is 145 Å². The number of carbonyl (C=O) groups excluding carboxylic acids is 1. The summed E-state index contributed by atoms with van der Waals surface area (Å²) in [5.74, 6) is -0.0402. The molecule has 0 saturated heterocycles. The topological polar surface area (TPSA) is 56.0 Å². The Morgan fingerprint density at radius 1 is 1.25 bits per heavy atom. The second kappa shape index (κ2) is 6.88. The molecule has 0 N–H and O–H groups in total. The van der Waals surface area contributed by atoms with Gasteiger partial charge in [0.15, 0.2) is 0 Å². The number of benzene rings is 1. The average molecular weight is 344 g/mol. The third-order valence-electron chi connectivity index (χ3n) is 3.69. The number of para-hydroxylation sites is 1. The van der Waals surface area contributed by atoms with Crippen molar-refractivity contribution in [1.29, 1.82) is 0 Å². The number of carbonyl (C=O) groups is 1. The molecule has 2 heterocycles. The molecule has 1 amide bonds. The summed E-state index contributed by atoms with van der Waals surface area (Å²) < 4.78 is 3.36. The highest BCUT2D eigenvalue weighted by Crippen LogP contribution is 2.13. The summed E-state index contributed by atoms with van der Waals surface area (Å²) in [5, 5.41) is 9.11. The van der Waals surface area contributed by atoms with Gasteiger partial charge in [-0.2, -0.15) is 10.2 Å². The highest BCUT2D eigenvalue weighted by Gasteiger charge is 2.13. The first kappa shape index (κ1) is 16.3. The Morgan fingerprint density at radius 3 is 2.67 bits per heavy atom. The van der Waals surface area contributed by atoms with E-state index in [-0.39, 0.29) is 12.5 Å². The molecular formula is C17H18ClN5O. The van der Waals surface area contributed by atoms with Crippen LogP contribution in [0, 0.1) is 6.92 Å². The van der Waals surface area contributed by atoms with Crippen LogP contribution in [0.15, 0.2) is 48.9 Å². The van der Waals surface area contributed by atoms with E-state index in [1.165, 1.54) is 0 Å². The van der Waals surface area contributed by atoms with Gasteiger partial charge in [0.2, 0.25) is 5.91 Å². The number of hydrogen-bond donors (Lipinski definition) is 0. The van der Waals surface area contributed by atoms with Crippen LogP contribution in [0.3, 0.4) is 0 Å². The monoisotopic (exact) mass is 343 g/mol. The summed E-state index contributed by atoms with van der Waals surface area (Å²) in [6.45, 7) is 2.46. The quantitative estimate of drug-likeness (QED) is 0.715. The summed E-state index contributed by atoms with van der Waals surface area (Å²) in [5.41, 5.74) is 2.67. The van der Waals surface area contributed by atoms with Gasteiger partial charge in [0.25, 0.3) is 0 Å². The third-order valence-corrected chi connectivity index (χ3v) is 4.06. The molecule has 0 spiro atoms. The lowest BCUT2D eigenvalue weighted by molar-refractivity contribution is -0.131. The van der Waals surface area contributed by atoms with E-state index in [0.29, 0.717) is 11.6 Å². The number of nitrogens with zero attached hydrogens (tertiary/aromatic N) is 5. The van der Waals surface area contributed by atoms with Gasteiger partial charge in [0.1, 0.15) is 6.54 Å². The molecule has 24 heavy (non-hydrogen) atoms. The molecule has 0 bridgehead atoms. The molecular weight excluding hydrogens is 326 g/mol. The van der Waals surface area contributed by atoms with Gasteiger partial charge in [-0.15, -0.1) is 0 Å². The van der Waals surface area contributed by atoms with Crippen molar-refractivity contribution in [2.75, 3.05) is 7.05 Å². The van der Waals surface area contributed by atoms with E-state index >= 15 is 0 Å². The van der Waals surface area contributed by atoms with Gasteiger partial charge < -0.3 is 4.90 Å². The van der Waals surface area contributed by atoms with Crippen molar-refractivity contribution >= 4 is 17.5 Å². The fourth-order valence-corrected chi connectivity index (χ4v) is 2.51. The number of amides is 1. The number of aromatic nitrogens is 4. The highest BCUT2D eigenvalue weighted by atomic mass is 35.5. The highest BCUT2D eigenvalue weighted by molar-refractivity contribution is 6.31. The van der Waals surface area contributed by atoms with Crippen molar-refractivity contribution in [3.05, 3.63) is 65.2 Å². The third kappa shape index (κ3) is 3.65. The molecule has 0 aliphatic carbocycles. The number of hydrogen-bond acceptors (Lipinski definition) is 3. The number of rotatable bonds is 5. The maximum Gasteiger partial charge on any atom is 0.244 e. The zero-order chi connectivity index (χ0) is 17.1. The van der Waals surface area contributed by atoms with Crippen LogP contribution >= 0.6 is 11.6 Å². The average Bonchev–Trinajstić information content (AvgIpc) is 3.15. The molecule has 124 valence electrons. The largest absolute Gasteiger partial charge is 0.340 e. The minimum atomic E-state index is -0.0402. The molecule has 0 aliphatic rings. The smallest absolute Gasteiger partial charge is 0.244 e. The van der Waals surface area contributed by atoms with E-state index in [2.05, 4.69) is 10.2 Å². The molecule has 0 saturated carbocycles. The van der Waals surface area contributed by atoms with E-state index in [1.54, 1.807) is 33.7 Å². The van der Waals surface area contributed by atoms with Crippen LogP contribution in [-0.2, 0) is 17.9 Å². The molecule has 6 nitrogen and oxygen atoms in total. The summed E-state index contributed by atoms with van der Waals surface area (Å²) in [4.78, 5) is 14.0. The molecule has 0 unspecified atom stereocenters. The zero-order valence-electron chi connectivity index (χ0n) is 13.6. The fraction of sp³-hybridized carbons (Fsp3) is 0.235. The molecule has 0 atom stereocenters.